The number of hydrogen-bond donors (Lipinski definition) is 1. The zero-order valence-electron chi connectivity index (χ0n) is 13.8. The first-order valence-corrected chi connectivity index (χ1v) is 8.62. The van der Waals surface area contributed by atoms with E-state index in [9.17, 15) is 14.7 Å². The predicted octanol–water partition coefficient (Wildman–Crippen LogP) is 1.99. The summed E-state index contributed by atoms with van der Waals surface area (Å²) in [6.07, 6.45) is 8.54. The van der Waals surface area contributed by atoms with Crippen LogP contribution < -0.4 is 0 Å². The maximum absolute atomic E-state index is 13.6. The van der Waals surface area contributed by atoms with Gasteiger partial charge in [-0.3, -0.25) is 9.59 Å². The lowest BCUT2D eigenvalue weighted by Crippen LogP contribution is -2.66. The van der Waals surface area contributed by atoms with E-state index in [4.69, 9.17) is 4.74 Å². The van der Waals surface area contributed by atoms with Gasteiger partial charge in [-0.25, -0.2) is 0 Å². The number of rotatable bonds is 1. The molecule has 0 amide bonds. The number of carbonyl (C=O) groups is 2. The fourth-order valence-electron chi connectivity index (χ4n) is 6.10. The van der Waals surface area contributed by atoms with E-state index in [1.807, 2.05) is 26.0 Å². The number of Topliss-reactive ketones (excluding diaryl/α,β-unsaturated/α-hetero) is 1. The summed E-state index contributed by atoms with van der Waals surface area (Å²) in [4.78, 5) is 26.4. The Bertz CT molecular complexity index is 621. The van der Waals surface area contributed by atoms with Crippen molar-refractivity contribution in [1.29, 1.82) is 0 Å². The average Bonchev–Trinajstić information content (AvgIpc) is 3.15. The molecule has 2 saturated carbocycles. The quantitative estimate of drug-likeness (QED) is 0.456. The smallest absolute Gasteiger partial charge is 0.320 e. The van der Waals surface area contributed by atoms with E-state index in [2.05, 4.69) is 12.2 Å². The summed E-state index contributed by atoms with van der Waals surface area (Å²) in [6.45, 7) is 3.89. The first-order valence-electron chi connectivity index (χ1n) is 8.62. The number of ether oxygens (including phenoxy) is 1. The molecule has 0 aliphatic heterocycles. The van der Waals surface area contributed by atoms with Crippen molar-refractivity contribution in [2.24, 2.45) is 46.8 Å². The highest BCUT2D eigenvalue weighted by atomic mass is 16.5. The molecule has 23 heavy (non-hydrogen) atoms. The van der Waals surface area contributed by atoms with E-state index in [0.717, 1.165) is 6.42 Å². The second-order valence-corrected chi connectivity index (χ2v) is 7.83. The molecule has 0 saturated heterocycles. The molecular formula is C19H24O4. The van der Waals surface area contributed by atoms with Crippen molar-refractivity contribution in [3.63, 3.8) is 0 Å². The highest BCUT2D eigenvalue weighted by molar-refractivity contribution is 6.07. The molecule has 0 radical (unpaired) electrons. The van der Waals surface area contributed by atoms with Gasteiger partial charge in [0.05, 0.1) is 13.2 Å². The molecule has 0 spiro atoms. The molecule has 0 aromatic heterocycles. The Morgan fingerprint density at radius 2 is 1.91 bits per heavy atom. The number of allylic oxidation sites excluding steroid dienone is 4. The van der Waals surface area contributed by atoms with Gasteiger partial charge in [0, 0.05) is 17.8 Å². The van der Waals surface area contributed by atoms with Gasteiger partial charge < -0.3 is 9.84 Å². The predicted molar refractivity (Wildman–Crippen MR) is 84.1 cm³/mol. The number of hydrogen-bond acceptors (Lipinski definition) is 4. The third-order valence-corrected chi connectivity index (χ3v) is 7.03. The van der Waals surface area contributed by atoms with Crippen LogP contribution in [0.15, 0.2) is 24.3 Å². The first kappa shape index (κ1) is 15.1. The lowest BCUT2D eigenvalue weighted by atomic mass is 9.47. The van der Waals surface area contributed by atoms with Crippen LogP contribution in [0.4, 0.5) is 0 Å². The van der Waals surface area contributed by atoms with E-state index in [1.165, 1.54) is 7.11 Å². The zero-order valence-corrected chi connectivity index (χ0v) is 13.8. The highest BCUT2D eigenvalue weighted by Gasteiger charge is 2.70. The summed E-state index contributed by atoms with van der Waals surface area (Å²) < 4.78 is 5.09. The van der Waals surface area contributed by atoms with Crippen molar-refractivity contribution in [2.75, 3.05) is 7.11 Å². The van der Waals surface area contributed by atoms with E-state index in [1.54, 1.807) is 0 Å². The third kappa shape index (κ3) is 1.60. The molecule has 1 N–H and O–H groups in total. The van der Waals surface area contributed by atoms with Crippen molar-refractivity contribution in [2.45, 2.75) is 26.4 Å². The van der Waals surface area contributed by atoms with Crippen molar-refractivity contribution in [1.82, 2.24) is 0 Å². The Kier molecular flexibility index (Phi) is 3.15. The minimum atomic E-state index is -1.23. The molecule has 4 aliphatic carbocycles. The highest BCUT2D eigenvalue weighted by Crippen LogP contribution is 2.62. The minimum absolute atomic E-state index is 0.00481. The summed E-state index contributed by atoms with van der Waals surface area (Å²) in [7, 11) is 1.34. The van der Waals surface area contributed by atoms with Crippen molar-refractivity contribution < 1.29 is 19.4 Å². The number of esters is 1. The Morgan fingerprint density at radius 3 is 2.61 bits per heavy atom. The van der Waals surface area contributed by atoms with Gasteiger partial charge >= 0.3 is 5.97 Å². The molecule has 2 bridgehead atoms. The van der Waals surface area contributed by atoms with Crippen LogP contribution in [-0.2, 0) is 14.3 Å². The molecule has 0 aromatic carbocycles. The number of carbonyl (C=O) groups excluding carboxylic acids is 2. The van der Waals surface area contributed by atoms with Gasteiger partial charge in [0.15, 0.2) is 5.78 Å². The van der Waals surface area contributed by atoms with Crippen molar-refractivity contribution in [3.8, 4) is 0 Å². The van der Waals surface area contributed by atoms with Gasteiger partial charge in [0.25, 0.3) is 0 Å². The largest absolute Gasteiger partial charge is 0.468 e. The Morgan fingerprint density at radius 1 is 1.22 bits per heavy atom. The van der Waals surface area contributed by atoms with Gasteiger partial charge in [-0.05, 0) is 30.1 Å². The summed E-state index contributed by atoms with van der Waals surface area (Å²) >= 11 is 0. The molecule has 5 unspecified atom stereocenters. The Labute approximate surface area is 136 Å². The molecule has 0 heterocycles. The van der Waals surface area contributed by atoms with Gasteiger partial charge in [-0.15, -0.1) is 0 Å². The minimum Gasteiger partial charge on any atom is -0.468 e. The molecule has 9 atom stereocenters. The van der Waals surface area contributed by atoms with Gasteiger partial charge in [0.1, 0.15) is 5.41 Å². The van der Waals surface area contributed by atoms with Crippen molar-refractivity contribution >= 4 is 11.8 Å². The lowest BCUT2D eigenvalue weighted by Gasteiger charge is -2.55. The SMILES string of the molecule is COC(=O)C12C(=O)C3C(C(O)C1[C@@H](C)C=C[C@H]2C)[C@H]1C=C[C@@H]3C1. The Balaban J connectivity index is 1.91. The van der Waals surface area contributed by atoms with Crippen LogP contribution in [0.2, 0.25) is 0 Å². The molecule has 4 heteroatoms. The van der Waals surface area contributed by atoms with E-state index >= 15 is 0 Å². The van der Waals surface area contributed by atoms with E-state index < -0.39 is 23.4 Å². The number of aliphatic hydroxyl groups is 1. The molecule has 124 valence electrons. The normalized spacial score (nSPS) is 53.1. The number of methoxy groups -OCH3 is 1. The average molecular weight is 316 g/mol. The topological polar surface area (TPSA) is 63.6 Å². The van der Waals surface area contributed by atoms with Gasteiger partial charge in [-0.1, -0.05) is 38.2 Å². The molecule has 4 nitrogen and oxygen atoms in total. The van der Waals surface area contributed by atoms with Crippen LogP contribution >= 0.6 is 0 Å². The van der Waals surface area contributed by atoms with Crippen LogP contribution in [0.25, 0.3) is 0 Å². The second-order valence-electron chi connectivity index (χ2n) is 7.83. The molecule has 2 fully saturated rings. The van der Waals surface area contributed by atoms with Gasteiger partial charge in [-0.2, -0.15) is 0 Å². The number of ketones is 1. The zero-order chi connectivity index (χ0) is 16.5. The van der Waals surface area contributed by atoms with E-state index in [-0.39, 0.29) is 41.3 Å². The molecule has 4 aliphatic rings. The van der Waals surface area contributed by atoms with E-state index in [0.29, 0.717) is 0 Å². The third-order valence-electron chi connectivity index (χ3n) is 7.03. The maximum Gasteiger partial charge on any atom is 0.320 e. The fourth-order valence-corrected chi connectivity index (χ4v) is 6.10. The summed E-state index contributed by atoms with van der Waals surface area (Å²) in [6, 6.07) is 0. The van der Waals surface area contributed by atoms with Crippen LogP contribution in [0.3, 0.4) is 0 Å². The van der Waals surface area contributed by atoms with Crippen LogP contribution in [-0.4, -0.2) is 30.1 Å². The summed E-state index contributed by atoms with van der Waals surface area (Å²) in [5.74, 6) is -0.966. The summed E-state index contributed by atoms with van der Waals surface area (Å²) in [5.41, 5.74) is -1.23. The molecule has 4 rings (SSSR count). The molecular weight excluding hydrogens is 292 g/mol. The second kappa shape index (κ2) is 4.79. The van der Waals surface area contributed by atoms with Gasteiger partial charge in [0.2, 0.25) is 0 Å². The number of fused-ring (bicyclic) bond motifs is 6. The molecule has 0 aromatic rings. The summed E-state index contributed by atoms with van der Waals surface area (Å²) in [5, 5.41) is 11.2. The Hall–Kier alpha value is -1.42. The van der Waals surface area contributed by atoms with Crippen LogP contribution in [0.5, 0.6) is 0 Å². The maximum atomic E-state index is 13.6. The fraction of sp³-hybridized carbons (Fsp3) is 0.684. The standard InChI is InChI=1S/C19H24O4/c1-9-4-5-10(2)19(18(22)23-3)15(9)16(20)13-11-6-7-12(8-11)14(13)17(19)21/h4-7,9-16,20H,8H2,1-3H3/t9-,10+,11-,12+,13?,14?,15?,16?,19?/m0/s1. The van der Waals surface area contributed by atoms with Crippen LogP contribution in [0, 0.1) is 46.8 Å². The number of aliphatic hydroxyl groups excluding tert-OH is 1. The first-order chi connectivity index (χ1) is 10.9. The monoisotopic (exact) mass is 316 g/mol. The van der Waals surface area contributed by atoms with Crippen molar-refractivity contribution in [3.05, 3.63) is 24.3 Å². The van der Waals surface area contributed by atoms with Crippen LogP contribution in [0.1, 0.15) is 20.3 Å². The lowest BCUT2D eigenvalue weighted by molar-refractivity contribution is -0.188.